The number of para-hydroxylation sites is 3. The second kappa shape index (κ2) is 19.6. The molecule has 3 aliphatic carbocycles. The summed E-state index contributed by atoms with van der Waals surface area (Å²) in [6.45, 7) is 4.69. The molecule has 0 saturated carbocycles. The summed E-state index contributed by atoms with van der Waals surface area (Å²) < 4.78 is 46.6. The van der Waals surface area contributed by atoms with Crippen LogP contribution in [-0.4, -0.2) is 0 Å². The van der Waals surface area contributed by atoms with Crippen LogP contribution in [0.5, 0.6) is 0 Å². The molecule has 2 heteroatoms. The highest BCUT2D eigenvalue weighted by atomic mass is 15.2. The first-order chi connectivity index (χ1) is 43.5. The van der Waals surface area contributed by atoms with Gasteiger partial charge in [0.2, 0.25) is 0 Å². The summed E-state index contributed by atoms with van der Waals surface area (Å²) in [5.41, 5.74) is 25.2. The van der Waals surface area contributed by atoms with Crippen LogP contribution in [0.3, 0.4) is 0 Å². The van der Waals surface area contributed by atoms with E-state index in [4.69, 9.17) is 4.11 Å². The third-order valence-corrected chi connectivity index (χ3v) is 17.9. The first-order valence-electron chi connectivity index (χ1n) is 31.4. The second-order valence-electron chi connectivity index (χ2n) is 22.8. The van der Waals surface area contributed by atoms with Crippen molar-refractivity contribution in [2.75, 3.05) is 9.80 Å². The van der Waals surface area contributed by atoms with E-state index in [1.54, 1.807) is 0 Å². The van der Waals surface area contributed by atoms with Crippen molar-refractivity contribution in [3.8, 4) is 77.9 Å². The van der Waals surface area contributed by atoms with Crippen LogP contribution in [-0.2, 0) is 10.8 Å². The lowest BCUT2D eigenvalue weighted by Crippen LogP contribution is -2.27. The SMILES string of the molecule is [2H]c1c([2H])c([2H])c(N(c2ccccc2)c2cc3c(cc2-c2ccccc2)-c2cc(-c4ccccc4)ccc2C32c3ccc(-c4ccccc4)cc3-c3cc(-c4ccccc4)c(N(c4ccccc4)c4ccc5c(c4)C(C)(C)c4ccccc4-5)cc32)c([2H])c1[2H]. The van der Waals surface area contributed by atoms with Crippen LogP contribution < -0.4 is 9.80 Å². The van der Waals surface area contributed by atoms with Gasteiger partial charge in [-0.2, -0.15) is 0 Å². The Bertz CT molecular complexity index is 4930. The standard InChI is InChI=1S/C82H58N2/c1-81(2)73-41-25-24-40-65(73)66-45-44-64(50-76(66)81)84(63-38-22-9-23-39-63)80-54-78-72(52-68(80)58-32-16-6-17-33-58)70-49-60(56-28-12-4-13-29-56)43-47-75(70)82(78)74-46-42-59(55-26-10-3-11-27-55)48-69(74)71-51-67(57-30-14-5-15-31-57)79(53-77(71)82)83(61-34-18-7-19-35-61)62-36-20-8-21-37-62/h3-54H,1-2H3/i7D,18D,19D,34D,35D. The van der Waals surface area contributed by atoms with Crippen molar-refractivity contribution in [2.45, 2.75) is 24.7 Å². The molecule has 0 aromatic heterocycles. The van der Waals surface area contributed by atoms with Crippen molar-refractivity contribution in [1.29, 1.82) is 0 Å². The van der Waals surface area contributed by atoms with Crippen molar-refractivity contribution in [2.24, 2.45) is 0 Å². The highest BCUT2D eigenvalue weighted by Gasteiger charge is 2.53. The van der Waals surface area contributed by atoms with E-state index >= 15 is 0 Å². The fraction of sp³-hybridized carbons (Fsp3) is 0.0488. The number of nitrogens with zero attached hydrogens (tertiary/aromatic N) is 2. The molecule has 2 nitrogen and oxygen atoms in total. The van der Waals surface area contributed by atoms with Crippen molar-refractivity contribution in [3.05, 3.63) is 349 Å². The van der Waals surface area contributed by atoms with Crippen LogP contribution in [0.4, 0.5) is 34.1 Å². The summed E-state index contributed by atoms with van der Waals surface area (Å²) in [4.78, 5) is 4.36. The summed E-state index contributed by atoms with van der Waals surface area (Å²) in [6, 6.07) is 100. The lowest BCUT2D eigenvalue weighted by atomic mass is 9.69. The zero-order valence-corrected chi connectivity index (χ0v) is 46.5. The molecule has 0 N–H and O–H groups in total. The Morgan fingerprint density at radius 2 is 0.655 bits per heavy atom. The van der Waals surface area contributed by atoms with Crippen LogP contribution in [0.15, 0.2) is 315 Å². The monoisotopic (exact) mass is 1080 g/mol. The molecule has 0 radical (unpaired) electrons. The van der Waals surface area contributed by atoms with Crippen LogP contribution in [0, 0.1) is 0 Å². The molecule has 0 heterocycles. The highest BCUT2D eigenvalue weighted by molar-refractivity contribution is 6.04. The van der Waals surface area contributed by atoms with E-state index in [0.29, 0.717) is 11.4 Å². The van der Waals surface area contributed by atoms with Crippen molar-refractivity contribution in [1.82, 2.24) is 0 Å². The average Bonchev–Trinajstić information content (AvgIpc) is 1.51. The fourth-order valence-electron chi connectivity index (χ4n) is 14.1. The molecule has 1 atom stereocenters. The van der Waals surface area contributed by atoms with Gasteiger partial charge in [-0.3, -0.25) is 0 Å². The van der Waals surface area contributed by atoms with Gasteiger partial charge < -0.3 is 9.80 Å². The smallest absolute Gasteiger partial charge is 0.0727 e. The predicted octanol–water partition coefficient (Wildman–Crippen LogP) is 21.9. The summed E-state index contributed by atoms with van der Waals surface area (Å²) >= 11 is 0. The summed E-state index contributed by atoms with van der Waals surface area (Å²) in [5.74, 6) is 0. The van der Waals surface area contributed by atoms with E-state index in [-0.39, 0.29) is 23.2 Å². The summed E-state index contributed by atoms with van der Waals surface area (Å²) in [6.07, 6.45) is 0. The molecule has 1 spiro atoms. The second-order valence-corrected chi connectivity index (χ2v) is 22.8. The Kier molecular flexibility index (Phi) is 10.3. The normalized spacial score (nSPS) is 15.3. The minimum Gasteiger partial charge on any atom is -0.310 e. The van der Waals surface area contributed by atoms with Gasteiger partial charge in [0.1, 0.15) is 0 Å². The molecule has 3 aliphatic rings. The van der Waals surface area contributed by atoms with Crippen LogP contribution >= 0.6 is 0 Å². The van der Waals surface area contributed by atoms with Gasteiger partial charge in [0.15, 0.2) is 0 Å². The van der Waals surface area contributed by atoms with Gasteiger partial charge in [-0.1, -0.05) is 244 Å². The maximum Gasteiger partial charge on any atom is 0.0727 e. The van der Waals surface area contributed by atoms with Gasteiger partial charge in [-0.05, 0) is 185 Å². The topological polar surface area (TPSA) is 6.48 Å². The van der Waals surface area contributed by atoms with Crippen molar-refractivity contribution >= 4 is 34.1 Å². The van der Waals surface area contributed by atoms with Gasteiger partial charge >= 0.3 is 0 Å². The number of hydrogen-bond acceptors (Lipinski definition) is 2. The number of benzene rings is 13. The quantitative estimate of drug-likeness (QED) is 0.135. The van der Waals surface area contributed by atoms with E-state index in [9.17, 15) is 2.74 Å². The van der Waals surface area contributed by atoms with Crippen LogP contribution in [0.2, 0.25) is 0 Å². The number of fused-ring (bicyclic) bond motifs is 13. The number of anilines is 6. The van der Waals surface area contributed by atoms with Crippen molar-refractivity contribution < 1.29 is 6.85 Å². The zero-order valence-electron chi connectivity index (χ0n) is 51.5. The largest absolute Gasteiger partial charge is 0.310 e. The minimum absolute atomic E-state index is 0.0592. The molecule has 13 aromatic carbocycles. The van der Waals surface area contributed by atoms with Crippen LogP contribution in [0.1, 0.15) is 54.1 Å². The molecule has 0 bridgehead atoms. The molecule has 84 heavy (non-hydrogen) atoms. The highest BCUT2D eigenvalue weighted by Crippen LogP contribution is 2.66. The predicted molar refractivity (Wildman–Crippen MR) is 351 cm³/mol. The van der Waals surface area contributed by atoms with E-state index < -0.39 is 23.5 Å². The lowest BCUT2D eigenvalue weighted by Gasteiger charge is -2.35. The zero-order chi connectivity index (χ0) is 60.3. The van der Waals surface area contributed by atoms with E-state index in [1.807, 2.05) is 53.4 Å². The Labute approximate surface area is 499 Å². The van der Waals surface area contributed by atoms with Crippen molar-refractivity contribution in [3.63, 3.8) is 0 Å². The molecule has 0 fully saturated rings. The van der Waals surface area contributed by atoms with E-state index in [2.05, 4.69) is 255 Å². The fourth-order valence-corrected chi connectivity index (χ4v) is 14.1. The molecule has 16 rings (SSSR count). The number of hydrogen-bond donors (Lipinski definition) is 0. The Hall–Kier alpha value is -10.5. The van der Waals surface area contributed by atoms with Gasteiger partial charge in [0, 0.05) is 39.3 Å². The first-order valence-corrected chi connectivity index (χ1v) is 28.9. The molecular weight excluding hydrogens is 1010 g/mol. The van der Waals surface area contributed by atoms with E-state index in [1.165, 1.54) is 22.3 Å². The molecule has 1 unspecified atom stereocenters. The molecule has 0 amide bonds. The van der Waals surface area contributed by atoms with Gasteiger partial charge in [-0.25, -0.2) is 0 Å². The molecule has 0 saturated heterocycles. The lowest BCUT2D eigenvalue weighted by molar-refractivity contribution is 0.660. The minimum atomic E-state index is -1.00. The summed E-state index contributed by atoms with van der Waals surface area (Å²) in [7, 11) is 0. The van der Waals surface area contributed by atoms with E-state index in [0.717, 1.165) is 106 Å². The van der Waals surface area contributed by atoms with Gasteiger partial charge in [0.25, 0.3) is 0 Å². The Balaban J connectivity index is 1.07. The third-order valence-electron chi connectivity index (χ3n) is 17.9. The molecular formula is C82H58N2. The van der Waals surface area contributed by atoms with Gasteiger partial charge in [-0.15, -0.1) is 0 Å². The number of rotatable bonds is 10. The molecule has 0 aliphatic heterocycles. The summed E-state index contributed by atoms with van der Waals surface area (Å²) in [5, 5.41) is 0. The first kappa shape index (κ1) is 44.2. The maximum absolute atomic E-state index is 9.72. The Morgan fingerprint density at radius 3 is 1.14 bits per heavy atom. The molecule has 396 valence electrons. The maximum atomic E-state index is 9.72. The van der Waals surface area contributed by atoms with Gasteiger partial charge in [0.05, 0.1) is 23.6 Å². The third kappa shape index (κ3) is 7.64. The Morgan fingerprint density at radius 1 is 0.250 bits per heavy atom. The van der Waals surface area contributed by atoms with Crippen LogP contribution in [0.25, 0.3) is 77.9 Å². The molecule has 13 aromatic rings. The average molecular weight is 1080 g/mol.